The largest absolute Gasteiger partial charge is 0.493 e. The third-order valence-corrected chi connectivity index (χ3v) is 8.24. The number of ether oxygens (including phenoxy) is 2. The summed E-state index contributed by atoms with van der Waals surface area (Å²) in [4.78, 5) is 19.0. The molecule has 4 rings (SSSR count). The molecular weight excluding hydrogens is 570 g/mol. The van der Waals surface area contributed by atoms with Crippen molar-refractivity contribution in [2.24, 2.45) is 0 Å². The van der Waals surface area contributed by atoms with E-state index in [1.165, 1.54) is 26.2 Å². The molecule has 218 valence electrons. The van der Waals surface area contributed by atoms with E-state index in [2.05, 4.69) is 9.97 Å². The molecule has 1 unspecified atom stereocenters. The van der Waals surface area contributed by atoms with Crippen LogP contribution in [0.1, 0.15) is 35.6 Å². The summed E-state index contributed by atoms with van der Waals surface area (Å²) in [6.45, 7) is 3.03. The molecule has 10 nitrogen and oxygen atoms in total. The Morgan fingerprint density at radius 3 is 2.48 bits per heavy atom. The molecule has 4 aromatic rings. The van der Waals surface area contributed by atoms with Gasteiger partial charge in [0.05, 0.1) is 29.2 Å². The van der Waals surface area contributed by atoms with Gasteiger partial charge < -0.3 is 14.6 Å². The highest BCUT2D eigenvalue weighted by atomic mass is 32.2. The number of aromatic hydroxyl groups is 1. The number of hydrogen-bond donors (Lipinski definition) is 1. The fourth-order valence-corrected chi connectivity index (χ4v) is 5.87. The minimum Gasteiger partial charge on any atom is -0.493 e. The Kier molecular flexibility index (Phi) is 9.11. The van der Waals surface area contributed by atoms with E-state index in [4.69, 9.17) is 9.47 Å². The molecule has 0 aliphatic heterocycles. The second kappa shape index (κ2) is 12.6. The summed E-state index contributed by atoms with van der Waals surface area (Å²) in [7, 11) is -3.45. The van der Waals surface area contributed by atoms with Crippen LogP contribution in [0.4, 0.5) is 8.78 Å². The van der Waals surface area contributed by atoms with E-state index >= 15 is 4.39 Å². The molecule has 0 saturated carbocycles. The van der Waals surface area contributed by atoms with E-state index in [9.17, 15) is 28.0 Å². The summed E-state index contributed by atoms with van der Waals surface area (Å²) in [6.07, 6.45) is 0. The summed E-state index contributed by atoms with van der Waals surface area (Å²) in [5.41, 5.74) is -0.137. The highest BCUT2D eigenvalue weighted by Crippen LogP contribution is 2.34. The first-order valence-electron chi connectivity index (χ1n) is 12.6. The van der Waals surface area contributed by atoms with Gasteiger partial charge in [0, 0.05) is 30.5 Å². The van der Waals surface area contributed by atoms with Crippen LogP contribution in [0.15, 0.2) is 69.2 Å². The van der Waals surface area contributed by atoms with Gasteiger partial charge in [0.25, 0.3) is 5.56 Å². The van der Waals surface area contributed by atoms with Gasteiger partial charge in [-0.2, -0.15) is 14.6 Å². The van der Waals surface area contributed by atoms with Gasteiger partial charge in [-0.1, -0.05) is 18.2 Å². The van der Waals surface area contributed by atoms with Crippen LogP contribution in [0.5, 0.6) is 5.88 Å². The van der Waals surface area contributed by atoms with Crippen molar-refractivity contribution in [2.45, 2.75) is 36.3 Å². The number of methoxy groups -OCH3 is 1. The summed E-state index contributed by atoms with van der Waals surface area (Å²) in [5, 5.41) is 20.8. The number of sulfone groups is 1. The maximum atomic E-state index is 15.3. The summed E-state index contributed by atoms with van der Waals surface area (Å²) in [5.74, 6) is -2.78. The van der Waals surface area contributed by atoms with Crippen molar-refractivity contribution < 1.29 is 31.8 Å². The standard InChI is InChI=1S/C29H26F2N4O6S/c1-4-41-16-26-34-28(36)27(29(37)35(26)24(15-40-3)19-7-5-6-18(12-19)14-32)42(38,39)20-8-9-22(23(30)13-20)21-10-11-25(31)33-17(21)2/h5-13,24,37H,4,15-16H2,1-3H3. The molecule has 0 amide bonds. The van der Waals surface area contributed by atoms with Crippen LogP contribution in [0.25, 0.3) is 11.1 Å². The zero-order valence-corrected chi connectivity index (χ0v) is 23.7. The number of halogens is 2. The predicted octanol–water partition coefficient (Wildman–Crippen LogP) is 4.07. The summed E-state index contributed by atoms with van der Waals surface area (Å²) < 4.78 is 68.0. The topological polar surface area (TPSA) is 144 Å². The molecule has 42 heavy (non-hydrogen) atoms. The lowest BCUT2D eigenvalue weighted by Gasteiger charge is -2.25. The number of hydrogen-bond acceptors (Lipinski definition) is 9. The Bertz CT molecular complexity index is 1850. The smallest absolute Gasteiger partial charge is 0.296 e. The molecule has 1 atom stereocenters. The Hall–Kier alpha value is -4.51. The second-order valence-corrected chi connectivity index (χ2v) is 11.0. The van der Waals surface area contributed by atoms with Gasteiger partial charge in [-0.05, 0) is 55.8 Å². The minimum absolute atomic E-state index is 0.0386. The van der Waals surface area contributed by atoms with Crippen LogP contribution in [0.2, 0.25) is 0 Å². The average Bonchev–Trinajstić information content (AvgIpc) is 2.95. The number of pyridine rings is 1. The summed E-state index contributed by atoms with van der Waals surface area (Å²) >= 11 is 0. The molecule has 1 N–H and O–H groups in total. The fourth-order valence-electron chi connectivity index (χ4n) is 4.51. The molecule has 2 aromatic heterocycles. The first-order chi connectivity index (χ1) is 20.0. The van der Waals surface area contributed by atoms with Crippen LogP contribution in [-0.2, 0) is 25.9 Å². The van der Waals surface area contributed by atoms with Gasteiger partial charge in [-0.3, -0.25) is 9.36 Å². The van der Waals surface area contributed by atoms with Gasteiger partial charge >= 0.3 is 0 Å². The van der Waals surface area contributed by atoms with Crippen LogP contribution < -0.4 is 5.56 Å². The van der Waals surface area contributed by atoms with Crippen molar-refractivity contribution in [1.82, 2.24) is 14.5 Å². The quantitative estimate of drug-likeness (QED) is 0.268. The van der Waals surface area contributed by atoms with Gasteiger partial charge in [0.15, 0.2) is 4.90 Å². The molecule has 0 aliphatic carbocycles. The average molecular weight is 597 g/mol. The first-order valence-corrected chi connectivity index (χ1v) is 14.1. The second-order valence-electron chi connectivity index (χ2n) is 9.11. The lowest BCUT2D eigenvalue weighted by molar-refractivity contribution is 0.114. The van der Waals surface area contributed by atoms with Crippen molar-refractivity contribution in [3.8, 4) is 23.1 Å². The van der Waals surface area contributed by atoms with Crippen molar-refractivity contribution in [2.75, 3.05) is 20.3 Å². The van der Waals surface area contributed by atoms with E-state index in [0.29, 0.717) is 17.2 Å². The Labute approximate surface area is 240 Å². The van der Waals surface area contributed by atoms with Crippen LogP contribution in [-0.4, -0.2) is 48.4 Å². The first kappa shape index (κ1) is 30.4. The number of benzene rings is 2. The Morgan fingerprint density at radius 2 is 1.83 bits per heavy atom. The molecule has 2 heterocycles. The number of aryl methyl sites for hydroxylation is 1. The molecular formula is C29H26F2N4O6S. The van der Waals surface area contributed by atoms with Gasteiger partial charge in [0.1, 0.15) is 18.2 Å². The van der Waals surface area contributed by atoms with E-state index in [0.717, 1.165) is 22.8 Å². The highest BCUT2D eigenvalue weighted by Gasteiger charge is 2.33. The van der Waals surface area contributed by atoms with E-state index < -0.39 is 48.9 Å². The van der Waals surface area contributed by atoms with Crippen LogP contribution in [0.3, 0.4) is 0 Å². The van der Waals surface area contributed by atoms with Gasteiger partial charge in [0.2, 0.25) is 21.7 Å². The lowest BCUT2D eigenvalue weighted by Crippen LogP contribution is -2.29. The Balaban J connectivity index is 1.92. The third kappa shape index (κ3) is 5.91. The Morgan fingerprint density at radius 1 is 1.10 bits per heavy atom. The van der Waals surface area contributed by atoms with Crippen molar-refractivity contribution in [3.05, 3.63) is 99.4 Å². The number of nitriles is 1. The zero-order chi connectivity index (χ0) is 30.6. The molecule has 0 bridgehead atoms. The molecule has 0 fully saturated rings. The maximum Gasteiger partial charge on any atom is 0.296 e. The third-order valence-electron chi connectivity index (χ3n) is 6.47. The zero-order valence-electron chi connectivity index (χ0n) is 22.8. The van der Waals surface area contributed by atoms with E-state index in [1.807, 2.05) is 6.07 Å². The SMILES string of the molecule is CCOCc1nc(=O)c(S(=O)(=O)c2ccc(-c3ccc(F)nc3C)c(F)c2)c(O)n1C(COC)c1cccc(C#N)c1. The van der Waals surface area contributed by atoms with E-state index in [-0.39, 0.29) is 42.5 Å². The molecule has 2 aromatic carbocycles. The number of aromatic nitrogens is 3. The van der Waals surface area contributed by atoms with Crippen LogP contribution in [0, 0.1) is 30.0 Å². The van der Waals surface area contributed by atoms with Crippen LogP contribution >= 0.6 is 0 Å². The van der Waals surface area contributed by atoms with Crippen molar-refractivity contribution >= 4 is 9.84 Å². The molecule has 0 spiro atoms. The minimum atomic E-state index is -4.84. The lowest BCUT2D eigenvalue weighted by atomic mass is 10.0. The monoisotopic (exact) mass is 596 g/mol. The molecule has 0 radical (unpaired) electrons. The molecule has 0 saturated heterocycles. The fraction of sp³-hybridized carbons (Fsp3) is 0.241. The number of nitrogens with zero attached hydrogens (tertiary/aromatic N) is 4. The maximum absolute atomic E-state index is 15.3. The van der Waals surface area contributed by atoms with Gasteiger partial charge in [-0.25, -0.2) is 17.8 Å². The van der Waals surface area contributed by atoms with Crippen molar-refractivity contribution in [3.63, 3.8) is 0 Å². The highest BCUT2D eigenvalue weighted by molar-refractivity contribution is 7.91. The van der Waals surface area contributed by atoms with E-state index in [1.54, 1.807) is 25.1 Å². The normalized spacial score (nSPS) is 12.2. The molecule has 13 heteroatoms. The molecule has 0 aliphatic rings. The van der Waals surface area contributed by atoms with Gasteiger partial charge in [-0.15, -0.1) is 0 Å². The summed E-state index contributed by atoms with van der Waals surface area (Å²) in [6, 6.07) is 12.7. The predicted molar refractivity (Wildman–Crippen MR) is 146 cm³/mol. The number of rotatable bonds is 10. The van der Waals surface area contributed by atoms with Crippen molar-refractivity contribution in [1.29, 1.82) is 5.26 Å².